The van der Waals surface area contributed by atoms with E-state index in [1.807, 2.05) is 44.2 Å². The molecule has 25 heavy (non-hydrogen) atoms. The number of thiophene rings is 1. The third-order valence-corrected chi connectivity index (χ3v) is 6.20. The lowest BCUT2D eigenvalue weighted by Crippen LogP contribution is -2.28. The smallest absolute Gasteiger partial charge is 0.230 e. The number of benzene rings is 1. The molecule has 0 radical (unpaired) electrons. The van der Waals surface area contributed by atoms with Crippen LogP contribution < -0.4 is 5.32 Å². The molecule has 1 N–H and O–H groups in total. The maximum Gasteiger partial charge on any atom is 0.230 e. The molecular formula is C19H21N3OS2. The third kappa shape index (κ3) is 4.02. The molecular weight excluding hydrogens is 350 g/mol. The van der Waals surface area contributed by atoms with E-state index in [2.05, 4.69) is 29.1 Å². The largest absolute Gasteiger partial charge is 0.349 e. The summed E-state index contributed by atoms with van der Waals surface area (Å²) >= 11 is 3.16. The molecule has 1 amide bonds. The Bertz CT molecular complexity index is 906. The second-order valence-electron chi connectivity index (χ2n) is 6.03. The van der Waals surface area contributed by atoms with Crippen LogP contribution in [0.1, 0.15) is 34.8 Å². The second kappa shape index (κ2) is 7.54. The minimum absolute atomic E-state index is 0.00779. The Balaban J connectivity index is 1.71. The number of thioether (sulfide) groups is 1. The van der Waals surface area contributed by atoms with Crippen molar-refractivity contribution in [1.29, 1.82) is 0 Å². The molecule has 0 fully saturated rings. The van der Waals surface area contributed by atoms with Gasteiger partial charge in [-0.3, -0.25) is 4.79 Å². The van der Waals surface area contributed by atoms with Crippen molar-refractivity contribution in [2.45, 2.75) is 38.8 Å². The molecule has 3 rings (SSSR count). The fraction of sp³-hybridized carbons (Fsp3) is 0.316. The van der Waals surface area contributed by atoms with Crippen LogP contribution in [0.3, 0.4) is 0 Å². The maximum absolute atomic E-state index is 12.3. The van der Waals surface area contributed by atoms with E-state index in [0.29, 0.717) is 5.75 Å². The van der Waals surface area contributed by atoms with Crippen LogP contribution in [0.25, 0.3) is 10.2 Å². The van der Waals surface area contributed by atoms with E-state index in [4.69, 9.17) is 0 Å². The standard InChI is InChI=1S/C19H21N3OS2/c1-11-13(3)25-19-17(11)18(21-14(4)22-19)24-10-16(23)20-12(2)15-8-6-5-7-9-15/h5-9,12H,10H2,1-4H3,(H,20,23)/t12-/m1/s1. The third-order valence-electron chi connectivity index (χ3n) is 4.12. The normalized spacial score (nSPS) is 12.3. The maximum atomic E-state index is 12.3. The molecule has 130 valence electrons. The molecule has 1 aromatic carbocycles. The van der Waals surface area contributed by atoms with E-state index in [1.54, 1.807) is 11.3 Å². The number of fused-ring (bicyclic) bond motifs is 1. The van der Waals surface area contributed by atoms with Crippen LogP contribution in [0.15, 0.2) is 35.4 Å². The fourth-order valence-corrected chi connectivity index (χ4v) is 4.74. The molecule has 0 saturated carbocycles. The van der Waals surface area contributed by atoms with Crippen LogP contribution in [0.2, 0.25) is 0 Å². The summed E-state index contributed by atoms with van der Waals surface area (Å²) < 4.78 is 0. The van der Waals surface area contributed by atoms with Crippen LogP contribution in [0.5, 0.6) is 0 Å². The van der Waals surface area contributed by atoms with Crippen molar-refractivity contribution in [2.75, 3.05) is 5.75 Å². The van der Waals surface area contributed by atoms with Crippen LogP contribution >= 0.6 is 23.1 Å². The van der Waals surface area contributed by atoms with Crippen molar-refractivity contribution in [1.82, 2.24) is 15.3 Å². The van der Waals surface area contributed by atoms with Gasteiger partial charge in [-0.15, -0.1) is 11.3 Å². The van der Waals surface area contributed by atoms with Crippen molar-refractivity contribution in [3.63, 3.8) is 0 Å². The highest BCUT2D eigenvalue weighted by Gasteiger charge is 2.16. The SMILES string of the molecule is Cc1nc(SCC(=O)N[C@H](C)c2ccccc2)c2c(C)c(C)sc2n1. The number of aromatic nitrogens is 2. The summed E-state index contributed by atoms with van der Waals surface area (Å²) in [5.74, 6) is 1.10. The molecule has 4 nitrogen and oxygen atoms in total. The Morgan fingerprint density at radius 1 is 1.20 bits per heavy atom. The molecule has 0 aliphatic carbocycles. The van der Waals surface area contributed by atoms with Gasteiger partial charge >= 0.3 is 0 Å². The van der Waals surface area contributed by atoms with Gasteiger partial charge < -0.3 is 5.32 Å². The Kier molecular flexibility index (Phi) is 5.39. The Morgan fingerprint density at radius 2 is 1.92 bits per heavy atom. The minimum Gasteiger partial charge on any atom is -0.349 e. The lowest BCUT2D eigenvalue weighted by Gasteiger charge is -2.14. The van der Waals surface area contributed by atoms with Gasteiger partial charge in [-0.25, -0.2) is 9.97 Å². The van der Waals surface area contributed by atoms with E-state index in [9.17, 15) is 4.79 Å². The van der Waals surface area contributed by atoms with E-state index < -0.39 is 0 Å². The Labute approximate surface area is 156 Å². The first-order valence-electron chi connectivity index (χ1n) is 8.17. The molecule has 0 unspecified atom stereocenters. The summed E-state index contributed by atoms with van der Waals surface area (Å²) in [6, 6.07) is 9.97. The fourth-order valence-electron chi connectivity index (χ4n) is 2.66. The highest BCUT2D eigenvalue weighted by Crippen LogP contribution is 2.35. The van der Waals surface area contributed by atoms with Crippen molar-refractivity contribution in [3.8, 4) is 0 Å². The van der Waals surface area contributed by atoms with Crippen LogP contribution in [0.4, 0.5) is 0 Å². The predicted molar refractivity (Wildman–Crippen MR) is 105 cm³/mol. The zero-order valence-electron chi connectivity index (χ0n) is 14.8. The van der Waals surface area contributed by atoms with Gasteiger partial charge in [-0.2, -0.15) is 0 Å². The Morgan fingerprint density at radius 3 is 2.64 bits per heavy atom. The average molecular weight is 372 g/mol. The first-order chi connectivity index (χ1) is 12.0. The van der Waals surface area contributed by atoms with Crippen LogP contribution in [-0.2, 0) is 4.79 Å². The number of nitrogens with zero attached hydrogens (tertiary/aromatic N) is 2. The molecule has 0 spiro atoms. The number of rotatable bonds is 5. The zero-order chi connectivity index (χ0) is 18.0. The molecule has 2 heterocycles. The van der Waals surface area contributed by atoms with Gasteiger partial charge in [0.15, 0.2) is 0 Å². The summed E-state index contributed by atoms with van der Waals surface area (Å²) in [6.07, 6.45) is 0. The summed E-state index contributed by atoms with van der Waals surface area (Å²) in [5, 5.41) is 5.03. The molecule has 0 bridgehead atoms. The van der Waals surface area contributed by atoms with E-state index in [-0.39, 0.29) is 11.9 Å². The quantitative estimate of drug-likeness (QED) is 0.527. The van der Waals surface area contributed by atoms with E-state index in [1.165, 1.54) is 22.2 Å². The monoisotopic (exact) mass is 371 g/mol. The van der Waals surface area contributed by atoms with Crippen LogP contribution in [-0.4, -0.2) is 21.6 Å². The number of nitrogens with one attached hydrogen (secondary N) is 1. The van der Waals surface area contributed by atoms with Crippen molar-refractivity contribution < 1.29 is 4.79 Å². The van der Waals surface area contributed by atoms with Crippen LogP contribution in [0, 0.1) is 20.8 Å². The minimum atomic E-state index is -0.00779. The summed E-state index contributed by atoms with van der Waals surface area (Å²) in [5.41, 5.74) is 2.31. The van der Waals surface area contributed by atoms with Gasteiger partial charge in [0.05, 0.1) is 11.8 Å². The second-order valence-corrected chi connectivity index (χ2v) is 8.20. The molecule has 3 aromatic rings. The molecule has 6 heteroatoms. The lowest BCUT2D eigenvalue weighted by molar-refractivity contribution is -0.119. The topological polar surface area (TPSA) is 54.9 Å². The van der Waals surface area contributed by atoms with Gasteiger partial charge in [0.2, 0.25) is 5.91 Å². The lowest BCUT2D eigenvalue weighted by atomic mass is 10.1. The first kappa shape index (κ1) is 17.9. The van der Waals surface area contributed by atoms with Gasteiger partial charge in [0.25, 0.3) is 0 Å². The van der Waals surface area contributed by atoms with E-state index >= 15 is 0 Å². The number of hydrogen-bond donors (Lipinski definition) is 1. The van der Waals surface area contributed by atoms with E-state index in [0.717, 1.165) is 26.6 Å². The number of carbonyl (C=O) groups excluding carboxylic acids is 1. The summed E-state index contributed by atoms with van der Waals surface area (Å²) in [4.78, 5) is 23.7. The highest BCUT2D eigenvalue weighted by molar-refractivity contribution is 8.00. The first-order valence-corrected chi connectivity index (χ1v) is 9.97. The van der Waals surface area contributed by atoms with Gasteiger partial charge in [0.1, 0.15) is 15.7 Å². The number of aryl methyl sites for hydroxylation is 3. The van der Waals surface area contributed by atoms with Gasteiger partial charge in [0, 0.05) is 10.3 Å². The van der Waals surface area contributed by atoms with Gasteiger partial charge in [-0.1, -0.05) is 42.1 Å². The van der Waals surface area contributed by atoms with Crippen molar-refractivity contribution in [3.05, 3.63) is 52.2 Å². The number of hydrogen-bond acceptors (Lipinski definition) is 5. The number of amides is 1. The zero-order valence-corrected chi connectivity index (χ0v) is 16.4. The molecule has 1 atom stereocenters. The summed E-state index contributed by atoms with van der Waals surface area (Å²) in [7, 11) is 0. The molecule has 0 saturated heterocycles. The van der Waals surface area contributed by atoms with Crippen molar-refractivity contribution >= 4 is 39.2 Å². The highest BCUT2D eigenvalue weighted by atomic mass is 32.2. The van der Waals surface area contributed by atoms with Crippen molar-refractivity contribution in [2.24, 2.45) is 0 Å². The summed E-state index contributed by atoms with van der Waals surface area (Å²) in [6.45, 7) is 8.08. The van der Waals surface area contributed by atoms with Gasteiger partial charge in [-0.05, 0) is 38.8 Å². The Hall–Kier alpha value is -1.92. The molecule has 2 aromatic heterocycles. The molecule has 0 aliphatic heterocycles. The predicted octanol–water partition coefficient (Wildman–Crippen LogP) is 4.59. The molecule has 0 aliphatic rings. The number of carbonyl (C=O) groups is 1. The average Bonchev–Trinajstić information content (AvgIpc) is 2.87.